The van der Waals surface area contributed by atoms with Crippen LogP contribution < -0.4 is 0 Å². The number of carbonyl (C=O) groups is 1. The summed E-state index contributed by atoms with van der Waals surface area (Å²) in [7, 11) is 0. The lowest BCUT2D eigenvalue weighted by molar-refractivity contribution is -0.147. The van der Waals surface area contributed by atoms with Gasteiger partial charge in [-0.15, -0.1) is 0 Å². The van der Waals surface area contributed by atoms with Gasteiger partial charge in [0.1, 0.15) is 0 Å². The second-order valence-electron chi connectivity index (χ2n) is 3.46. The lowest BCUT2D eigenvalue weighted by Crippen LogP contribution is -2.29. The Morgan fingerprint density at radius 2 is 1.82 bits per heavy atom. The largest absolute Gasteiger partial charge is 0.481 e. The van der Waals surface area contributed by atoms with Gasteiger partial charge in [0.2, 0.25) is 0 Å². The van der Waals surface area contributed by atoms with Crippen molar-refractivity contribution in [2.45, 2.75) is 37.9 Å². The lowest BCUT2D eigenvalue weighted by Gasteiger charge is -2.25. The summed E-state index contributed by atoms with van der Waals surface area (Å²) in [6.45, 7) is 0. The first kappa shape index (κ1) is 7.10. The smallest absolute Gasteiger partial charge is 0.306 e. The zero-order chi connectivity index (χ0) is 7.84. The Hall–Kier alpha value is -0.570. The van der Waals surface area contributed by atoms with Gasteiger partial charge in [-0.3, -0.25) is 4.79 Å². The van der Waals surface area contributed by atoms with Gasteiger partial charge in [0.05, 0.1) is 18.1 Å². The van der Waals surface area contributed by atoms with E-state index in [9.17, 15) is 4.79 Å². The molecule has 0 aromatic heterocycles. The van der Waals surface area contributed by atoms with Crippen molar-refractivity contribution in [3.8, 4) is 0 Å². The Morgan fingerprint density at radius 3 is 2.27 bits per heavy atom. The number of fused-ring (bicyclic) bond motifs is 2. The van der Waals surface area contributed by atoms with Gasteiger partial charge in [0.15, 0.2) is 0 Å². The Balaban J connectivity index is 2.02. The van der Waals surface area contributed by atoms with Crippen molar-refractivity contribution in [3.63, 3.8) is 0 Å². The van der Waals surface area contributed by atoms with Crippen LogP contribution in [-0.2, 0) is 9.53 Å². The molecule has 62 valence electrons. The van der Waals surface area contributed by atoms with Gasteiger partial charge < -0.3 is 9.84 Å². The molecule has 0 amide bonds. The molecule has 2 saturated heterocycles. The molecule has 1 N–H and O–H groups in total. The Kier molecular flexibility index (Phi) is 1.60. The molecule has 0 aromatic rings. The molecule has 1 unspecified atom stereocenters. The molecule has 2 rings (SSSR count). The molecule has 2 aliphatic rings. The molecule has 11 heavy (non-hydrogen) atoms. The summed E-state index contributed by atoms with van der Waals surface area (Å²) in [6.07, 6.45) is 4.07. The third kappa shape index (κ3) is 1.25. The van der Waals surface area contributed by atoms with Crippen molar-refractivity contribution in [3.05, 3.63) is 0 Å². The molecule has 3 atom stereocenters. The average Bonchev–Trinajstić information content (AvgIpc) is 2.30. The number of rotatable bonds is 1. The molecule has 2 heterocycles. The number of hydrogen-bond donors (Lipinski definition) is 1. The van der Waals surface area contributed by atoms with Crippen molar-refractivity contribution < 1.29 is 14.6 Å². The van der Waals surface area contributed by atoms with Crippen LogP contribution in [0.15, 0.2) is 0 Å². The van der Waals surface area contributed by atoms with E-state index in [-0.39, 0.29) is 18.1 Å². The fraction of sp³-hybridized carbons (Fsp3) is 0.875. The van der Waals surface area contributed by atoms with Gasteiger partial charge in [-0.05, 0) is 25.7 Å². The molecule has 2 bridgehead atoms. The highest BCUT2D eigenvalue weighted by Crippen LogP contribution is 2.35. The zero-order valence-corrected chi connectivity index (χ0v) is 6.32. The van der Waals surface area contributed by atoms with E-state index in [1.54, 1.807) is 0 Å². The van der Waals surface area contributed by atoms with Crippen LogP contribution >= 0.6 is 0 Å². The molecule has 3 heteroatoms. The molecular weight excluding hydrogens is 144 g/mol. The Labute approximate surface area is 65.4 Å². The molecular formula is C8H12O3. The van der Waals surface area contributed by atoms with E-state index in [1.807, 2.05) is 0 Å². The summed E-state index contributed by atoms with van der Waals surface area (Å²) in [5.41, 5.74) is 0. The molecule has 2 aliphatic heterocycles. The Morgan fingerprint density at radius 1 is 1.27 bits per heavy atom. The molecule has 2 fully saturated rings. The summed E-state index contributed by atoms with van der Waals surface area (Å²) in [5.74, 6) is -0.786. The van der Waals surface area contributed by atoms with Crippen molar-refractivity contribution in [1.29, 1.82) is 0 Å². The zero-order valence-electron chi connectivity index (χ0n) is 6.32. The summed E-state index contributed by atoms with van der Waals surface area (Å²) in [4.78, 5) is 10.6. The van der Waals surface area contributed by atoms with Crippen LogP contribution in [0.1, 0.15) is 25.7 Å². The maximum atomic E-state index is 10.6. The quantitative estimate of drug-likeness (QED) is 0.616. The summed E-state index contributed by atoms with van der Waals surface area (Å²) in [5, 5.41) is 8.75. The van der Waals surface area contributed by atoms with E-state index < -0.39 is 5.97 Å². The first-order chi connectivity index (χ1) is 5.25. The normalized spacial score (nSPS) is 42.4. The fourth-order valence-electron chi connectivity index (χ4n) is 2.06. The van der Waals surface area contributed by atoms with Gasteiger partial charge in [-0.1, -0.05) is 0 Å². The summed E-state index contributed by atoms with van der Waals surface area (Å²) < 4.78 is 5.51. The second-order valence-corrected chi connectivity index (χ2v) is 3.46. The van der Waals surface area contributed by atoms with Gasteiger partial charge in [-0.25, -0.2) is 0 Å². The highest BCUT2D eigenvalue weighted by atomic mass is 16.5. The first-order valence-corrected chi connectivity index (χ1v) is 4.14. The Bertz CT molecular complexity index is 166. The molecule has 0 saturated carbocycles. The highest BCUT2D eigenvalue weighted by Gasteiger charge is 2.37. The molecule has 0 radical (unpaired) electrons. The third-order valence-corrected chi connectivity index (χ3v) is 2.64. The van der Waals surface area contributed by atoms with Gasteiger partial charge in [0, 0.05) is 0 Å². The monoisotopic (exact) mass is 156 g/mol. The van der Waals surface area contributed by atoms with Crippen molar-refractivity contribution >= 4 is 5.97 Å². The molecule has 0 aliphatic carbocycles. The van der Waals surface area contributed by atoms with Crippen LogP contribution in [0.2, 0.25) is 0 Å². The lowest BCUT2D eigenvalue weighted by atomic mass is 9.96. The van der Waals surface area contributed by atoms with Crippen LogP contribution in [0, 0.1) is 5.92 Å². The maximum absolute atomic E-state index is 10.6. The second kappa shape index (κ2) is 2.48. The minimum atomic E-state index is -0.648. The van der Waals surface area contributed by atoms with Crippen LogP contribution in [0.3, 0.4) is 0 Å². The van der Waals surface area contributed by atoms with Crippen molar-refractivity contribution in [1.82, 2.24) is 0 Å². The molecule has 0 spiro atoms. The van der Waals surface area contributed by atoms with Crippen LogP contribution in [0.5, 0.6) is 0 Å². The number of ether oxygens (including phenoxy) is 1. The first-order valence-electron chi connectivity index (χ1n) is 4.14. The van der Waals surface area contributed by atoms with E-state index in [0.717, 1.165) is 25.7 Å². The van der Waals surface area contributed by atoms with E-state index in [1.165, 1.54) is 0 Å². The number of carboxylic acid groups (broad SMARTS) is 1. The van der Waals surface area contributed by atoms with E-state index in [4.69, 9.17) is 9.84 Å². The molecule has 0 aromatic carbocycles. The van der Waals surface area contributed by atoms with Crippen LogP contribution in [-0.4, -0.2) is 23.3 Å². The van der Waals surface area contributed by atoms with Gasteiger partial charge in [-0.2, -0.15) is 0 Å². The third-order valence-electron chi connectivity index (χ3n) is 2.64. The van der Waals surface area contributed by atoms with Gasteiger partial charge >= 0.3 is 5.97 Å². The van der Waals surface area contributed by atoms with Crippen molar-refractivity contribution in [2.24, 2.45) is 5.92 Å². The molecule has 3 nitrogen and oxygen atoms in total. The topological polar surface area (TPSA) is 46.5 Å². The van der Waals surface area contributed by atoms with E-state index >= 15 is 0 Å². The van der Waals surface area contributed by atoms with E-state index in [2.05, 4.69) is 0 Å². The number of hydrogen-bond acceptors (Lipinski definition) is 2. The minimum absolute atomic E-state index is 0.138. The van der Waals surface area contributed by atoms with Crippen LogP contribution in [0.4, 0.5) is 0 Å². The number of carboxylic acids is 1. The number of aliphatic carboxylic acids is 1. The highest BCUT2D eigenvalue weighted by molar-refractivity contribution is 5.70. The SMILES string of the molecule is O=C(O)C1C[C@H]2CC[C@@H](C1)O2. The average molecular weight is 156 g/mol. The summed E-state index contributed by atoms with van der Waals surface area (Å²) in [6, 6.07) is 0. The van der Waals surface area contributed by atoms with Gasteiger partial charge in [0.25, 0.3) is 0 Å². The van der Waals surface area contributed by atoms with Crippen molar-refractivity contribution in [2.75, 3.05) is 0 Å². The van der Waals surface area contributed by atoms with E-state index in [0.29, 0.717) is 0 Å². The van der Waals surface area contributed by atoms with Crippen LogP contribution in [0.25, 0.3) is 0 Å². The predicted molar refractivity (Wildman–Crippen MR) is 38.3 cm³/mol. The summed E-state index contributed by atoms with van der Waals surface area (Å²) >= 11 is 0. The maximum Gasteiger partial charge on any atom is 0.306 e. The predicted octanol–water partition coefficient (Wildman–Crippen LogP) is 1.03. The fourth-order valence-corrected chi connectivity index (χ4v) is 2.06. The minimum Gasteiger partial charge on any atom is -0.481 e. The standard InChI is InChI=1S/C8H12O3/c9-8(10)5-3-6-1-2-7(4-5)11-6/h5-7H,1-4H2,(H,9,10)/t5?,6-,7+.